The molecule has 1 saturated carbocycles. The lowest BCUT2D eigenvalue weighted by Gasteiger charge is -2.19. The van der Waals surface area contributed by atoms with E-state index in [4.69, 9.17) is 0 Å². The molecule has 2 unspecified atom stereocenters. The van der Waals surface area contributed by atoms with E-state index in [1.807, 2.05) is 6.92 Å². The number of likely N-dealkylation sites (tertiary alicyclic amines) is 1. The minimum Gasteiger partial charge on any atom is -0.351 e. The van der Waals surface area contributed by atoms with Crippen LogP contribution < -0.4 is 10.6 Å². The Morgan fingerprint density at radius 2 is 2.29 bits per heavy atom. The number of carbonyl (C=O) groups excluding carboxylic acids is 1. The zero-order valence-electron chi connectivity index (χ0n) is 10.6. The summed E-state index contributed by atoms with van der Waals surface area (Å²) in [6, 6.07) is 1.20. The van der Waals surface area contributed by atoms with Crippen molar-refractivity contribution in [3.8, 4) is 0 Å². The number of hydrogen-bond acceptors (Lipinski definition) is 3. The van der Waals surface area contributed by atoms with Crippen molar-refractivity contribution in [1.82, 2.24) is 15.5 Å². The van der Waals surface area contributed by atoms with E-state index in [1.54, 1.807) is 6.08 Å². The van der Waals surface area contributed by atoms with Gasteiger partial charge in [0.2, 0.25) is 5.91 Å². The van der Waals surface area contributed by atoms with Crippen LogP contribution in [-0.2, 0) is 4.79 Å². The maximum atomic E-state index is 11.7. The molecule has 0 aromatic heterocycles. The zero-order valence-corrected chi connectivity index (χ0v) is 10.6. The van der Waals surface area contributed by atoms with E-state index in [0.717, 1.165) is 19.0 Å². The second-order valence-corrected chi connectivity index (χ2v) is 5.13. The normalized spacial score (nSPS) is 26.8. The van der Waals surface area contributed by atoms with Gasteiger partial charge in [-0.2, -0.15) is 0 Å². The van der Waals surface area contributed by atoms with E-state index in [-0.39, 0.29) is 11.9 Å². The van der Waals surface area contributed by atoms with Gasteiger partial charge >= 0.3 is 0 Å². The average molecular weight is 237 g/mol. The van der Waals surface area contributed by atoms with E-state index in [2.05, 4.69) is 22.1 Å². The molecule has 1 heterocycles. The summed E-state index contributed by atoms with van der Waals surface area (Å²) < 4.78 is 0. The van der Waals surface area contributed by atoms with Crippen molar-refractivity contribution in [3.05, 3.63) is 12.7 Å². The molecule has 1 aliphatic carbocycles. The highest BCUT2D eigenvalue weighted by molar-refractivity contribution is 5.81. The Hall–Kier alpha value is -0.870. The summed E-state index contributed by atoms with van der Waals surface area (Å²) >= 11 is 0. The predicted molar refractivity (Wildman–Crippen MR) is 68.8 cm³/mol. The first kappa shape index (κ1) is 12.6. The van der Waals surface area contributed by atoms with Crippen LogP contribution in [0.25, 0.3) is 0 Å². The third-order valence-corrected chi connectivity index (χ3v) is 3.58. The average Bonchev–Trinajstić information content (AvgIpc) is 3.07. The molecule has 96 valence electrons. The van der Waals surface area contributed by atoms with Gasteiger partial charge in [-0.1, -0.05) is 6.08 Å². The molecule has 0 radical (unpaired) electrons. The minimum absolute atomic E-state index is 0.0646. The summed E-state index contributed by atoms with van der Waals surface area (Å²) in [5.74, 6) is 0.0646. The first-order valence-corrected chi connectivity index (χ1v) is 6.59. The van der Waals surface area contributed by atoms with Crippen LogP contribution in [0.4, 0.5) is 0 Å². The SMILES string of the molecule is C=CCNC(=O)C(C)NC1CCN(C2CC2)C1. The molecule has 2 fully saturated rings. The third kappa shape index (κ3) is 3.54. The van der Waals surface area contributed by atoms with E-state index in [1.165, 1.54) is 19.4 Å². The van der Waals surface area contributed by atoms with Crippen molar-refractivity contribution < 1.29 is 4.79 Å². The second-order valence-electron chi connectivity index (χ2n) is 5.13. The van der Waals surface area contributed by atoms with Gasteiger partial charge in [-0.3, -0.25) is 9.69 Å². The standard InChI is InChI=1S/C13H23N3O/c1-3-7-14-13(17)10(2)15-11-6-8-16(9-11)12-4-5-12/h3,10-12,15H,1,4-9H2,2H3,(H,14,17). The Labute approximate surface area is 103 Å². The maximum absolute atomic E-state index is 11.7. The maximum Gasteiger partial charge on any atom is 0.237 e. The van der Waals surface area contributed by atoms with Crippen LogP contribution in [0.3, 0.4) is 0 Å². The predicted octanol–water partition coefficient (Wildman–Crippen LogP) is 0.503. The molecule has 0 aromatic rings. The quantitative estimate of drug-likeness (QED) is 0.661. The van der Waals surface area contributed by atoms with Gasteiger partial charge in [0.15, 0.2) is 0 Å². The Morgan fingerprint density at radius 1 is 1.53 bits per heavy atom. The highest BCUT2D eigenvalue weighted by Gasteiger charge is 2.34. The van der Waals surface area contributed by atoms with Gasteiger partial charge in [-0.15, -0.1) is 6.58 Å². The molecule has 0 aromatic carbocycles. The summed E-state index contributed by atoms with van der Waals surface area (Å²) in [6.07, 6.45) is 5.59. The van der Waals surface area contributed by atoms with Gasteiger partial charge in [-0.25, -0.2) is 0 Å². The van der Waals surface area contributed by atoms with Crippen molar-refractivity contribution in [3.63, 3.8) is 0 Å². The molecule has 0 bridgehead atoms. The van der Waals surface area contributed by atoms with Gasteiger partial charge < -0.3 is 10.6 Å². The lowest BCUT2D eigenvalue weighted by atomic mass is 10.2. The number of carbonyl (C=O) groups is 1. The van der Waals surface area contributed by atoms with Crippen molar-refractivity contribution in [2.45, 2.75) is 44.3 Å². The highest BCUT2D eigenvalue weighted by atomic mass is 16.2. The first-order chi connectivity index (χ1) is 8.20. The van der Waals surface area contributed by atoms with E-state index < -0.39 is 0 Å². The monoisotopic (exact) mass is 237 g/mol. The zero-order chi connectivity index (χ0) is 12.3. The molecule has 17 heavy (non-hydrogen) atoms. The van der Waals surface area contributed by atoms with Crippen LogP contribution in [0.2, 0.25) is 0 Å². The van der Waals surface area contributed by atoms with Crippen molar-refractivity contribution in [2.24, 2.45) is 0 Å². The summed E-state index contributed by atoms with van der Waals surface area (Å²) in [6.45, 7) is 8.35. The number of amides is 1. The van der Waals surface area contributed by atoms with Crippen molar-refractivity contribution >= 4 is 5.91 Å². The summed E-state index contributed by atoms with van der Waals surface area (Å²) in [7, 11) is 0. The number of nitrogens with zero attached hydrogens (tertiary/aromatic N) is 1. The number of rotatable bonds is 6. The van der Waals surface area contributed by atoms with Crippen LogP contribution in [0.5, 0.6) is 0 Å². The smallest absolute Gasteiger partial charge is 0.237 e. The molecular formula is C13H23N3O. The van der Waals surface area contributed by atoms with E-state index in [0.29, 0.717) is 12.6 Å². The fourth-order valence-electron chi connectivity index (χ4n) is 2.45. The lowest BCUT2D eigenvalue weighted by Crippen LogP contribution is -2.47. The van der Waals surface area contributed by atoms with Crippen LogP contribution in [0, 0.1) is 0 Å². The largest absolute Gasteiger partial charge is 0.351 e. The molecule has 2 aliphatic rings. The molecule has 4 nitrogen and oxygen atoms in total. The molecular weight excluding hydrogens is 214 g/mol. The first-order valence-electron chi connectivity index (χ1n) is 6.59. The van der Waals surface area contributed by atoms with E-state index in [9.17, 15) is 4.79 Å². The molecule has 2 N–H and O–H groups in total. The Kier molecular flexibility index (Phi) is 4.18. The van der Waals surface area contributed by atoms with Crippen molar-refractivity contribution in [2.75, 3.05) is 19.6 Å². The van der Waals surface area contributed by atoms with Crippen LogP contribution >= 0.6 is 0 Å². The Bertz CT molecular complexity index is 288. The molecule has 1 aliphatic heterocycles. The topological polar surface area (TPSA) is 44.4 Å². The molecule has 2 atom stereocenters. The van der Waals surface area contributed by atoms with Gasteiger partial charge in [-0.05, 0) is 26.2 Å². The van der Waals surface area contributed by atoms with Gasteiger partial charge in [0.05, 0.1) is 6.04 Å². The highest BCUT2D eigenvalue weighted by Crippen LogP contribution is 2.29. The van der Waals surface area contributed by atoms with Gasteiger partial charge in [0, 0.05) is 31.7 Å². The molecule has 0 spiro atoms. The van der Waals surface area contributed by atoms with Crippen LogP contribution in [0.15, 0.2) is 12.7 Å². The summed E-state index contributed by atoms with van der Waals surface area (Å²) in [4.78, 5) is 14.2. The molecule has 2 rings (SSSR count). The summed E-state index contributed by atoms with van der Waals surface area (Å²) in [5.41, 5.74) is 0. The van der Waals surface area contributed by atoms with Crippen LogP contribution in [0.1, 0.15) is 26.2 Å². The minimum atomic E-state index is -0.112. The number of hydrogen-bond donors (Lipinski definition) is 2. The van der Waals surface area contributed by atoms with Crippen LogP contribution in [-0.4, -0.2) is 48.6 Å². The second kappa shape index (κ2) is 5.65. The van der Waals surface area contributed by atoms with E-state index >= 15 is 0 Å². The molecule has 1 saturated heterocycles. The lowest BCUT2D eigenvalue weighted by molar-refractivity contribution is -0.122. The van der Waals surface area contributed by atoms with Crippen molar-refractivity contribution in [1.29, 1.82) is 0 Å². The summed E-state index contributed by atoms with van der Waals surface area (Å²) in [5, 5.41) is 6.23. The Morgan fingerprint density at radius 3 is 2.94 bits per heavy atom. The fourth-order valence-corrected chi connectivity index (χ4v) is 2.45. The Balaban J connectivity index is 1.69. The third-order valence-electron chi connectivity index (χ3n) is 3.58. The fraction of sp³-hybridized carbons (Fsp3) is 0.769. The van der Waals surface area contributed by atoms with Gasteiger partial charge in [0.25, 0.3) is 0 Å². The van der Waals surface area contributed by atoms with Gasteiger partial charge in [0.1, 0.15) is 0 Å². The molecule has 4 heteroatoms. The number of nitrogens with one attached hydrogen (secondary N) is 2. The molecule has 1 amide bonds.